The minimum absolute atomic E-state index is 0.0308. The van der Waals surface area contributed by atoms with Crippen molar-refractivity contribution in [1.82, 2.24) is 9.88 Å². The first-order chi connectivity index (χ1) is 18.0. The van der Waals surface area contributed by atoms with Gasteiger partial charge in [-0.15, -0.1) is 0 Å². The lowest BCUT2D eigenvalue weighted by molar-refractivity contribution is -0.140. The minimum atomic E-state index is -0.877. The number of aliphatic hydroxyl groups excluding tert-OH is 1. The number of carbonyl (C=O) groups is 2. The van der Waals surface area contributed by atoms with Crippen LogP contribution in [0.5, 0.6) is 23.0 Å². The number of methoxy groups -OCH3 is 1. The fraction of sp³-hybridized carbons (Fsp3) is 0.250. The molecule has 5 rings (SSSR count). The number of likely N-dealkylation sites (tertiary alicyclic amines) is 1. The lowest BCUT2D eigenvalue weighted by atomic mass is 9.94. The third kappa shape index (κ3) is 4.55. The number of rotatable bonds is 7. The Morgan fingerprint density at radius 2 is 1.89 bits per heavy atom. The van der Waals surface area contributed by atoms with Gasteiger partial charge in [0.15, 0.2) is 23.0 Å². The summed E-state index contributed by atoms with van der Waals surface area (Å²) in [6.07, 6.45) is 3.27. The van der Waals surface area contributed by atoms with Crippen molar-refractivity contribution in [3.63, 3.8) is 0 Å². The summed E-state index contributed by atoms with van der Waals surface area (Å²) in [7, 11) is 1.52. The van der Waals surface area contributed by atoms with Crippen molar-refractivity contribution in [3.05, 3.63) is 83.2 Å². The number of hydrogen-bond donors (Lipinski definition) is 1. The van der Waals surface area contributed by atoms with E-state index in [1.54, 1.807) is 54.9 Å². The number of ketones is 1. The molecule has 1 amide bonds. The van der Waals surface area contributed by atoms with Crippen LogP contribution in [0.25, 0.3) is 5.76 Å². The SMILES string of the molecule is CCOc1ccc([C@@H]2/C(=C(\O)c3ccc4c(c3)OCCO4)C(=O)C(=O)N2Cc2cccnc2)cc1OC. The van der Waals surface area contributed by atoms with Crippen LogP contribution in [0.15, 0.2) is 66.5 Å². The molecular formula is C28H26N2O7. The maximum atomic E-state index is 13.4. The van der Waals surface area contributed by atoms with Gasteiger partial charge >= 0.3 is 0 Å². The monoisotopic (exact) mass is 502 g/mol. The predicted octanol–water partition coefficient (Wildman–Crippen LogP) is 3.88. The molecule has 1 saturated heterocycles. The molecule has 2 aliphatic heterocycles. The van der Waals surface area contributed by atoms with E-state index in [1.165, 1.54) is 12.0 Å². The number of Topliss-reactive ketones (excluding diaryl/α,β-unsaturated/α-hetero) is 1. The van der Waals surface area contributed by atoms with Gasteiger partial charge in [-0.05, 0) is 54.4 Å². The number of amides is 1. The number of fused-ring (bicyclic) bond motifs is 1. The summed E-state index contributed by atoms with van der Waals surface area (Å²) in [6.45, 7) is 3.23. The van der Waals surface area contributed by atoms with Gasteiger partial charge in [0, 0.05) is 24.5 Å². The molecule has 9 heteroatoms. The largest absolute Gasteiger partial charge is 0.507 e. The summed E-state index contributed by atoms with van der Waals surface area (Å²) in [5.41, 5.74) is 1.64. The van der Waals surface area contributed by atoms with Gasteiger partial charge in [0.1, 0.15) is 19.0 Å². The zero-order valence-corrected chi connectivity index (χ0v) is 20.5. The van der Waals surface area contributed by atoms with Crippen LogP contribution >= 0.6 is 0 Å². The number of nitrogens with zero attached hydrogens (tertiary/aromatic N) is 2. The molecular weight excluding hydrogens is 476 g/mol. The number of benzene rings is 2. The van der Waals surface area contributed by atoms with Crippen LogP contribution < -0.4 is 18.9 Å². The van der Waals surface area contributed by atoms with Gasteiger partial charge in [0.05, 0.1) is 25.3 Å². The highest BCUT2D eigenvalue weighted by atomic mass is 16.6. The number of aromatic nitrogens is 1. The van der Waals surface area contributed by atoms with Crippen LogP contribution in [0, 0.1) is 0 Å². The van der Waals surface area contributed by atoms with Crippen molar-refractivity contribution in [2.75, 3.05) is 26.9 Å². The molecule has 0 radical (unpaired) electrons. The highest BCUT2D eigenvalue weighted by molar-refractivity contribution is 6.46. The number of hydrogen-bond acceptors (Lipinski definition) is 8. The summed E-state index contributed by atoms with van der Waals surface area (Å²) < 4.78 is 22.4. The van der Waals surface area contributed by atoms with Gasteiger partial charge in [0.25, 0.3) is 11.7 Å². The smallest absolute Gasteiger partial charge is 0.295 e. The first kappa shape index (κ1) is 24.2. The first-order valence-corrected chi connectivity index (χ1v) is 11.9. The Balaban J connectivity index is 1.65. The third-order valence-corrected chi connectivity index (χ3v) is 6.23. The average Bonchev–Trinajstić information content (AvgIpc) is 3.18. The second-order valence-corrected chi connectivity index (χ2v) is 8.49. The second-order valence-electron chi connectivity index (χ2n) is 8.49. The maximum absolute atomic E-state index is 13.4. The standard InChI is InChI=1S/C28H26N2O7/c1-3-35-20-8-6-18(13-22(20)34-2)25-24(26(31)19-7-9-21-23(14-19)37-12-11-36-21)27(32)28(33)30(25)16-17-5-4-10-29-15-17/h4-10,13-15,25,31H,3,11-12,16H2,1-2H3/b26-24+/t25-/m1/s1. The van der Waals surface area contributed by atoms with E-state index in [1.807, 2.05) is 13.0 Å². The zero-order chi connectivity index (χ0) is 25.9. The van der Waals surface area contributed by atoms with E-state index in [-0.39, 0.29) is 17.9 Å². The number of carbonyl (C=O) groups excluding carboxylic acids is 2. The normalized spacial score (nSPS) is 18.1. The van der Waals surface area contributed by atoms with Crippen molar-refractivity contribution in [1.29, 1.82) is 0 Å². The van der Waals surface area contributed by atoms with Crippen LogP contribution in [-0.2, 0) is 16.1 Å². The van der Waals surface area contributed by atoms with E-state index in [9.17, 15) is 14.7 Å². The van der Waals surface area contributed by atoms with Gasteiger partial charge in [0.2, 0.25) is 0 Å². The van der Waals surface area contributed by atoms with Crippen LogP contribution in [0.1, 0.15) is 29.7 Å². The van der Waals surface area contributed by atoms with E-state index < -0.39 is 17.7 Å². The van der Waals surface area contributed by atoms with Crippen molar-refractivity contribution < 1.29 is 33.6 Å². The topological polar surface area (TPSA) is 107 Å². The Labute approximate surface area is 213 Å². The Bertz CT molecular complexity index is 1370. The summed E-state index contributed by atoms with van der Waals surface area (Å²) in [6, 6.07) is 12.8. The van der Waals surface area contributed by atoms with Crippen LogP contribution in [-0.4, -0.2) is 53.6 Å². The van der Waals surface area contributed by atoms with E-state index >= 15 is 0 Å². The molecule has 0 spiro atoms. The summed E-state index contributed by atoms with van der Waals surface area (Å²) in [4.78, 5) is 32.2. The quantitative estimate of drug-likeness (QED) is 0.295. The molecule has 2 aromatic carbocycles. The molecule has 0 saturated carbocycles. The fourth-order valence-corrected chi connectivity index (χ4v) is 4.55. The van der Waals surface area contributed by atoms with Crippen LogP contribution in [0.3, 0.4) is 0 Å². The van der Waals surface area contributed by atoms with Gasteiger partial charge in [-0.2, -0.15) is 0 Å². The van der Waals surface area contributed by atoms with Crippen molar-refractivity contribution in [2.45, 2.75) is 19.5 Å². The Kier molecular flexibility index (Phi) is 6.68. The number of ether oxygens (including phenoxy) is 4. The molecule has 2 aliphatic rings. The van der Waals surface area contributed by atoms with E-state index in [2.05, 4.69) is 4.98 Å². The predicted molar refractivity (Wildman–Crippen MR) is 134 cm³/mol. The molecule has 0 bridgehead atoms. The molecule has 190 valence electrons. The van der Waals surface area contributed by atoms with E-state index in [0.29, 0.717) is 53.9 Å². The fourth-order valence-electron chi connectivity index (χ4n) is 4.55. The van der Waals surface area contributed by atoms with Crippen molar-refractivity contribution in [3.8, 4) is 23.0 Å². The summed E-state index contributed by atoms with van der Waals surface area (Å²) in [5, 5.41) is 11.4. The van der Waals surface area contributed by atoms with Gasteiger partial charge < -0.3 is 29.0 Å². The first-order valence-electron chi connectivity index (χ1n) is 11.9. The molecule has 37 heavy (non-hydrogen) atoms. The number of pyridine rings is 1. The van der Waals surface area contributed by atoms with Crippen molar-refractivity contribution in [2.24, 2.45) is 0 Å². The molecule has 3 aromatic rings. The third-order valence-electron chi connectivity index (χ3n) is 6.23. The van der Waals surface area contributed by atoms with Gasteiger partial charge in [-0.3, -0.25) is 14.6 Å². The Morgan fingerprint density at radius 3 is 2.62 bits per heavy atom. The Morgan fingerprint density at radius 1 is 1.08 bits per heavy atom. The second kappa shape index (κ2) is 10.2. The number of aliphatic hydroxyl groups is 1. The van der Waals surface area contributed by atoms with Crippen molar-refractivity contribution >= 4 is 17.4 Å². The molecule has 1 fully saturated rings. The minimum Gasteiger partial charge on any atom is -0.507 e. The zero-order valence-electron chi connectivity index (χ0n) is 20.5. The highest BCUT2D eigenvalue weighted by Crippen LogP contribution is 2.43. The molecule has 9 nitrogen and oxygen atoms in total. The van der Waals surface area contributed by atoms with Gasteiger partial charge in [-0.1, -0.05) is 12.1 Å². The summed E-state index contributed by atoms with van der Waals surface area (Å²) >= 11 is 0. The Hall–Kier alpha value is -4.53. The molecule has 1 atom stereocenters. The van der Waals surface area contributed by atoms with E-state index in [0.717, 1.165) is 5.56 Å². The van der Waals surface area contributed by atoms with Crippen LogP contribution in [0.4, 0.5) is 0 Å². The van der Waals surface area contributed by atoms with Crippen LogP contribution in [0.2, 0.25) is 0 Å². The molecule has 3 heterocycles. The summed E-state index contributed by atoms with van der Waals surface area (Å²) in [5.74, 6) is 0.180. The molecule has 1 N–H and O–H groups in total. The lowest BCUT2D eigenvalue weighted by Crippen LogP contribution is -2.29. The maximum Gasteiger partial charge on any atom is 0.295 e. The average molecular weight is 503 g/mol. The molecule has 0 aliphatic carbocycles. The highest BCUT2D eigenvalue weighted by Gasteiger charge is 2.46. The van der Waals surface area contributed by atoms with Gasteiger partial charge in [-0.25, -0.2) is 0 Å². The lowest BCUT2D eigenvalue weighted by Gasteiger charge is -2.26. The van der Waals surface area contributed by atoms with E-state index in [4.69, 9.17) is 18.9 Å². The molecule has 1 aromatic heterocycles. The molecule has 0 unspecified atom stereocenters.